The molecule has 148 valence electrons. The molecule has 2 N–H and O–H groups in total. The highest BCUT2D eigenvalue weighted by molar-refractivity contribution is 14.0. The topological polar surface area (TPSA) is 65.0 Å². The molecule has 0 radical (unpaired) electrons. The molecule has 1 aliphatic rings. The van der Waals surface area contributed by atoms with Crippen LogP contribution in [0.2, 0.25) is 0 Å². The fraction of sp³-hybridized carbons (Fsp3) is 0.667. The van der Waals surface area contributed by atoms with E-state index in [1.54, 1.807) is 7.11 Å². The Balaban J connectivity index is 0.00000338. The molecule has 1 atom stereocenters. The largest absolute Gasteiger partial charge is 0.383 e. The first kappa shape index (κ1) is 22.9. The molecule has 1 aliphatic heterocycles. The number of pyridine rings is 1. The molecule has 1 unspecified atom stereocenters. The van der Waals surface area contributed by atoms with E-state index < -0.39 is 0 Å². The average Bonchev–Trinajstić information content (AvgIpc) is 2.61. The van der Waals surface area contributed by atoms with Crippen molar-refractivity contribution in [1.29, 1.82) is 0 Å². The normalized spacial score (nSPS) is 16.8. The van der Waals surface area contributed by atoms with Gasteiger partial charge in [-0.3, -0.25) is 0 Å². The molecule has 1 fully saturated rings. The van der Waals surface area contributed by atoms with Crippen LogP contribution in [0.3, 0.4) is 0 Å². The number of methoxy groups -OCH3 is 1. The van der Waals surface area contributed by atoms with Gasteiger partial charge in [-0.05, 0) is 38.6 Å². The Kier molecular flexibility index (Phi) is 10.8. The molecule has 2 rings (SSSR count). The zero-order valence-electron chi connectivity index (χ0n) is 16.4. The Morgan fingerprint density at radius 2 is 2.08 bits per heavy atom. The second-order valence-electron chi connectivity index (χ2n) is 6.51. The lowest BCUT2D eigenvalue weighted by Crippen LogP contribution is -2.44. The number of hydrogen-bond donors (Lipinski definition) is 2. The van der Waals surface area contributed by atoms with Gasteiger partial charge in [-0.1, -0.05) is 0 Å². The first-order chi connectivity index (χ1) is 12.1. The summed E-state index contributed by atoms with van der Waals surface area (Å²) in [6, 6.07) is 4.39. The molecule has 26 heavy (non-hydrogen) atoms. The summed E-state index contributed by atoms with van der Waals surface area (Å²) in [7, 11) is 3.87. The standard InChI is InChI=1S/C18H32N6O.HI/c1-5-19-18(22-15(2)14-25-4)21-13-16-6-7-20-17(12-16)24-10-8-23(3)9-11-24;/h6-7,12,15H,5,8-11,13-14H2,1-4H3,(H2,19,21,22);1H. The van der Waals surface area contributed by atoms with Crippen molar-refractivity contribution in [3.63, 3.8) is 0 Å². The molecule has 1 aromatic heterocycles. The number of aliphatic imine (C=N–C) groups is 1. The van der Waals surface area contributed by atoms with E-state index >= 15 is 0 Å². The van der Waals surface area contributed by atoms with Gasteiger partial charge in [0.15, 0.2) is 5.96 Å². The molecule has 0 bridgehead atoms. The van der Waals surface area contributed by atoms with Crippen LogP contribution >= 0.6 is 24.0 Å². The summed E-state index contributed by atoms with van der Waals surface area (Å²) in [4.78, 5) is 13.9. The third-order valence-corrected chi connectivity index (χ3v) is 4.20. The maximum atomic E-state index is 5.17. The number of anilines is 1. The van der Waals surface area contributed by atoms with Crippen LogP contribution in [-0.4, -0.2) is 75.4 Å². The molecule has 1 saturated heterocycles. The lowest BCUT2D eigenvalue weighted by Gasteiger charge is -2.33. The number of piperazine rings is 1. The predicted molar refractivity (Wildman–Crippen MR) is 119 cm³/mol. The van der Waals surface area contributed by atoms with E-state index in [4.69, 9.17) is 4.74 Å². The van der Waals surface area contributed by atoms with Gasteiger partial charge in [0.1, 0.15) is 5.82 Å². The SMILES string of the molecule is CCNC(=NCc1ccnc(N2CCN(C)CC2)c1)NC(C)COC.I. The lowest BCUT2D eigenvalue weighted by atomic mass is 10.2. The highest BCUT2D eigenvalue weighted by atomic mass is 127. The Hall–Kier alpha value is -1.13. The summed E-state index contributed by atoms with van der Waals surface area (Å²) in [6.45, 7) is 10.4. The number of halogens is 1. The molecule has 0 amide bonds. The number of aromatic nitrogens is 1. The molecule has 8 heteroatoms. The molecule has 0 spiro atoms. The van der Waals surface area contributed by atoms with Gasteiger partial charge in [-0.15, -0.1) is 24.0 Å². The number of nitrogens with one attached hydrogen (secondary N) is 2. The predicted octanol–water partition coefficient (Wildman–Crippen LogP) is 1.54. The van der Waals surface area contributed by atoms with E-state index in [0.29, 0.717) is 13.2 Å². The first-order valence-corrected chi connectivity index (χ1v) is 9.04. The van der Waals surface area contributed by atoms with E-state index in [-0.39, 0.29) is 30.0 Å². The van der Waals surface area contributed by atoms with E-state index in [9.17, 15) is 0 Å². The third-order valence-electron chi connectivity index (χ3n) is 4.20. The summed E-state index contributed by atoms with van der Waals surface area (Å²) >= 11 is 0. The third kappa shape index (κ3) is 7.63. The number of hydrogen-bond acceptors (Lipinski definition) is 5. The van der Waals surface area contributed by atoms with Crippen molar-refractivity contribution in [2.45, 2.75) is 26.4 Å². The molecular weight excluding hydrogens is 443 g/mol. The number of nitrogens with zero attached hydrogens (tertiary/aromatic N) is 4. The van der Waals surface area contributed by atoms with E-state index in [1.165, 1.54) is 5.56 Å². The van der Waals surface area contributed by atoms with Crippen molar-refractivity contribution in [2.75, 3.05) is 58.4 Å². The maximum Gasteiger partial charge on any atom is 0.191 e. The summed E-state index contributed by atoms with van der Waals surface area (Å²) < 4.78 is 5.17. The first-order valence-electron chi connectivity index (χ1n) is 9.04. The van der Waals surface area contributed by atoms with Gasteiger partial charge in [0.25, 0.3) is 0 Å². The highest BCUT2D eigenvalue weighted by Crippen LogP contribution is 2.15. The lowest BCUT2D eigenvalue weighted by molar-refractivity contribution is 0.179. The second-order valence-corrected chi connectivity index (χ2v) is 6.51. The fourth-order valence-electron chi connectivity index (χ4n) is 2.78. The number of guanidine groups is 1. The van der Waals surface area contributed by atoms with E-state index in [2.05, 4.69) is 57.4 Å². The molecular formula is C18H33IN6O. The van der Waals surface area contributed by atoms with Crippen molar-refractivity contribution >= 4 is 35.8 Å². The minimum atomic E-state index is 0. The summed E-state index contributed by atoms with van der Waals surface area (Å²) in [5.74, 6) is 1.86. The Morgan fingerprint density at radius 1 is 1.35 bits per heavy atom. The van der Waals surface area contributed by atoms with Gasteiger partial charge >= 0.3 is 0 Å². The molecule has 1 aromatic rings. The maximum absolute atomic E-state index is 5.17. The Labute approximate surface area is 174 Å². The van der Waals surface area contributed by atoms with Crippen molar-refractivity contribution in [2.24, 2.45) is 4.99 Å². The quantitative estimate of drug-likeness (QED) is 0.354. The molecule has 0 aromatic carbocycles. The Morgan fingerprint density at radius 3 is 2.73 bits per heavy atom. The van der Waals surface area contributed by atoms with Crippen LogP contribution in [0.15, 0.2) is 23.3 Å². The summed E-state index contributed by atoms with van der Waals surface area (Å²) in [6.07, 6.45) is 1.88. The second kappa shape index (κ2) is 12.3. The molecule has 0 saturated carbocycles. The van der Waals surface area contributed by atoms with Crippen LogP contribution in [0, 0.1) is 0 Å². The number of ether oxygens (including phenoxy) is 1. The van der Waals surface area contributed by atoms with Crippen LogP contribution in [0.4, 0.5) is 5.82 Å². The number of likely N-dealkylation sites (N-methyl/N-ethyl adjacent to an activating group) is 1. The van der Waals surface area contributed by atoms with Crippen molar-refractivity contribution in [3.05, 3.63) is 23.9 Å². The van der Waals surface area contributed by atoms with Crippen LogP contribution in [0.25, 0.3) is 0 Å². The van der Waals surface area contributed by atoms with Gasteiger partial charge < -0.3 is 25.2 Å². The van der Waals surface area contributed by atoms with Crippen LogP contribution in [0.5, 0.6) is 0 Å². The zero-order chi connectivity index (χ0) is 18.1. The van der Waals surface area contributed by atoms with Gasteiger partial charge in [0, 0.05) is 52.1 Å². The van der Waals surface area contributed by atoms with Crippen molar-refractivity contribution in [1.82, 2.24) is 20.5 Å². The summed E-state index contributed by atoms with van der Waals surface area (Å²) in [5.41, 5.74) is 1.17. The monoisotopic (exact) mass is 476 g/mol. The van der Waals surface area contributed by atoms with Gasteiger partial charge in [0.05, 0.1) is 13.2 Å². The van der Waals surface area contributed by atoms with E-state index in [0.717, 1.165) is 44.5 Å². The molecule has 7 nitrogen and oxygen atoms in total. The molecule has 2 heterocycles. The summed E-state index contributed by atoms with van der Waals surface area (Å²) in [5, 5.41) is 6.63. The minimum Gasteiger partial charge on any atom is -0.383 e. The van der Waals surface area contributed by atoms with Crippen molar-refractivity contribution in [3.8, 4) is 0 Å². The van der Waals surface area contributed by atoms with Gasteiger partial charge in [0.2, 0.25) is 0 Å². The van der Waals surface area contributed by atoms with Crippen molar-refractivity contribution < 1.29 is 4.74 Å². The van der Waals surface area contributed by atoms with Gasteiger partial charge in [-0.2, -0.15) is 0 Å². The van der Waals surface area contributed by atoms with Crippen LogP contribution in [-0.2, 0) is 11.3 Å². The highest BCUT2D eigenvalue weighted by Gasteiger charge is 2.15. The smallest absolute Gasteiger partial charge is 0.191 e. The minimum absolute atomic E-state index is 0. The molecule has 0 aliphatic carbocycles. The fourth-order valence-corrected chi connectivity index (χ4v) is 2.78. The number of rotatable bonds is 7. The van der Waals surface area contributed by atoms with Crippen LogP contribution < -0.4 is 15.5 Å². The Bertz CT molecular complexity index is 548. The average molecular weight is 476 g/mol. The van der Waals surface area contributed by atoms with E-state index in [1.807, 2.05) is 12.3 Å². The van der Waals surface area contributed by atoms with Gasteiger partial charge in [-0.25, -0.2) is 9.98 Å². The van der Waals surface area contributed by atoms with Crippen LogP contribution in [0.1, 0.15) is 19.4 Å². The zero-order valence-corrected chi connectivity index (χ0v) is 18.7.